The topological polar surface area (TPSA) is 84.6 Å². The van der Waals surface area contributed by atoms with Crippen LogP contribution in [0, 0.1) is 15.9 Å². The Morgan fingerprint density at radius 1 is 1.33 bits per heavy atom. The summed E-state index contributed by atoms with van der Waals surface area (Å²) < 4.78 is 18.0. The molecule has 0 bridgehead atoms. The fourth-order valence-corrected chi connectivity index (χ4v) is 1.85. The summed E-state index contributed by atoms with van der Waals surface area (Å²) in [5.74, 6) is -0.355. The van der Waals surface area contributed by atoms with E-state index in [1.54, 1.807) is 12.1 Å². The zero-order valence-corrected chi connectivity index (χ0v) is 11.2. The van der Waals surface area contributed by atoms with Crippen molar-refractivity contribution in [2.24, 2.45) is 0 Å². The number of aromatic hydroxyl groups is 1. The van der Waals surface area contributed by atoms with Crippen molar-refractivity contribution in [3.05, 3.63) is 57.9 Å². The van der Waals surface area contributed by atoms with Gasteiger partial charge in [0.25, 0.3) is 5.69 Å². The Balaban J connectivity index is 2.16. The quantitative estimate of drug-likeness (QED) is 0.653. The van der Waals surface area contributed by atoms with Crippen molar-refractivity contribution in [3.8, 4) is 11.5 Å². The second-order valence-corrected chi connectivity index (χ2v) is 4.28. The smallest absolute Gasteiger partial charge is 0.295 e. The first-order chi connectivity index (χ1) is 10.0. The van der Waals surface area contributed by atoms with E-state index in [0.29, 0.717) is 11.3 Å². The van der Waals surface area contributed by atoms with Crippen molar-refractivity contribution in [2.75, 3.05) is 12.4 Å². The summed E-state index contributed by atoms with van der Waals surface area (Å²) >= 11 is 0. The van der Waals surface area contributed by atoms with Gasteiger partial charge in [-0.25, -0.2) is 4.39 Å². The van der Waals surface area contributed by atoms with Crippen molar-refractivity contribution in [1.82, 2.24) is 0 Å². The lowest BCUT2D eigenvalue weighted by molar-refractivity contribution is -0.384. The summed E-state index contributed by atoms with van der Waals surface area (Å²) in [4.78, 5) is 10.2. The molecule has 0 saturated heterocycles. The summed E-state index contributed by atoms with van der Waals surface area (Å²) in [5, 5.41) is 23.4. The van der Waals surface area contributed by atoms with Crippen LogP contribution in [0.4, 0.5) is 15.8 Å². The van der Waals surface area contributed by atoms with Crippen molar-refractivity contribution in [3.63, 3.8) is 0 Å². The van der Waals surface area contributed by atoms with Crippen LogP contribution in [0.2, 0.25) is 0 Å². The van der Waals surface area contributed by atoms with Crippen molar-refractivity contribution in [2.45, 2.75) is 6.54 Å². The minimum absolute atomic E-state index is 0.0228. The molecule has 0 atom stereocenters. The first kappa shape index (κ1) is 14.6. The zero-order chi connectivity index (χ0) is 15.4. The van der Waals surface area contributed by atoms with Gasteiger partial charge in [0, 0.05) is 6.54 Å². The maximum Gasteiger partial charge on any atom is 0.295 e. The number of rotatable bonds is 5. The van der Waals surface area contributed by atoms with Gasteiger partial charge in [-0.15, -0.1) is 0 Å². The number of anilines is 1. The van der Waals surface area contributed by atoms with E-state index in [0.717, 1.165) is 12.1 Å². The number of ether oxygens (including phenoxy) is 1. The average molecular weight is 292 g/mol. The summed E-state index contributed by atoms with van der Waals surface area (Å²) in [7, 11) is 1.44. The molecule has 21 heavy (non-hydrogen) atoms. The van der Waals surface area contributed by atoms with Crippen molar-refractivity contribution in [1.29, 1.82) is 0 Å². The van der Waals surface area contributed by atoms with E-state index >= 15 is 0 Å². The number of hydrogen-bond acceptors (Lipinski definition) is 5. The highest BCUT2D eigenvalue weighted by atomic mass is 19.1. The lowest BCUT2D eigenvalue weighted by atomic mass is 10.2. The SMILES string of the molecule is COc1ccc(CNc2ccc(F)cc2[N+](=O)[O-])cc1O. The Kier molecular flexibility index (Phi) is 4.22. The van der Waals surface area contributed by atoms with Gasteiger partial charge in [0.2, 0.25) is 0 Å². The highest BCUT2D eigenvalue weighted by molar-refractivity contribution is 5.61. The molecule has 0 unspecified atom stereocenters. The van der Waals surface area contributed by atoms with Gasteiger partial charge in [0.05, 0.1) is 18.1 Å². The van der Waals surface area contributed by atoms with Gasteiger partial charge >= 0.3 is 0 Å². The fraction of sp³-hybridized carbons (Fsp3) is 0.143. The van der Waals surface area contributed by atoms with Gasteiger partial charge in [0.1, 0.15) is 11.5 Å². The molecule has 7 heteroatoms. The monoisotopic (exact) mass is 292 g/mol. The largest absolute Gasteiger partial charge is 0.504 e. The van der Waals surface area contributed by atoms with E-state index < -0.39 is 10.7 Å². The molecule has 0 radical (unpaired) electrons. The van der Waals surface area contributed by atoms with Crippen molar-refractivity contribution >= 4 is 11.4 Å². The van der Waals surface area contributed by atoms with Crippen LogP contribution >= 0.6 is 0 Å². The third-order valence-electron chi connectivity index (χ3n) is 2.88. The minimum Gasteiger partial charge on any atom is -0.504 e. The standard InChI is InChI=1S/C14H13FN2O4/c1-21-14-5-2-9(6-13(14)18)8-16-11-4-3-10(15)7-12(11)17(19)20/h2-7,16,18H,8H2,1H3. The van der Waals surface area contributed by atoms with Crippen LogP contribution in [-0.4, -0.2) is 17.1 Å². The van der Waals surface area contributed by atoms with Crippen LogP contribution in [0.3, 0.4) is 0 Å². The Bertz CT molecular complexity index is 676. The number of benzene rings is 2. The summed E-state index contributed by atoms with van der Waals surface area (Å²) in [5.41, 5.74) is 0.566. The van der Waals surface area contributed by atoms with Crippen LogP contribution in [-0.2, 0) is 6.54 Å². The molecular weight excluding hydrogens is 279 g/mol. The van der Waals surface area contributed by atoms with Gasteiger partial charge in [-0.1, -0.05) is 6.07 Å². The molecule has 2 rings (SSSR count). The lowest BCUT2D eigenvalue weighted by Gasteiger charge is -2.09. The highest BCUT2D eigenvalue weighted by Gasteiger charge is 2.14. The summed E-state index contributed by atoms with van der Waals surface area (Å²) in [6.45, 7) is 0.240. The number of nitrogens with one attached hydrogen (secondary N) is 1. The molecule has 2 aromatic carbocycles. The first-order valence-corrected chi connectivity index (χ1v) is 6.05. The van der Waals surface area contributed by atoms with E-state index in [4.69, 9.17) is 4.74 Å². The molecule has 0 aromatic heterocycles. The van der Waals surface area contributed by atoms with Gasteiger partial charge < -0.3 is 15.2 Å². The molecule has 2 N–H and O–H groups in total. The predicted octanol–water partition coefficient (Wildman–Crippen LogP) is 3.06. The third-order valence-corrected chi connectivity index (χ3v) is 2.88. The molecule has 6 nitrogen and oxygen atoms in total. The number of nitro groups is 1. The third kappa shape index (κ3) is 3.38. The molecule has 0 aliphatic carbocycles. The van der Waals surface area contributed by atoms with E-state index in [9.17, 15) is 19.6 Å². The van der Waals surface area contributed by atoms with E-state index in [1.165, 1.54) is 19.2 Å². The predicted molar refractivity (Wildman–Crippen MR) is 75.0 cm³/mol. The number of methoxy groups -OCH3 is 1. The second-order valence-electron chi connectivity index (χ2n) is 4.28. The molecule has 0 amide bonds. The van der Waals surface area contributed by atoms with Gasteiger partial charge in [-0.3, -0.25) is 10.1 Å². The van der Waals surface area contributed by atoms with Gasteiger partial charge in [0.15, 0.2) is 11.5 Å². The maximum absolute atomic E-state index is 13.0. The molecule has 0 heterocycles. The minimum atomic E-state index is -0.672. The number of phenolic OH excluding ortho intramolecular Hbond substituents is 1. The summed E-state index contributed by atoms with van der Waals surface area (Å²) in [6.07, 6.45) is 0. The molecule has 0 saturated carbocycles. The molecule has 110 valence electrons. The van der Waals surface area contributed by atoms with E-state index in [2.05, 4.69) is 5.32 Å². The molecule has 0 spiro atoms. The zero-order valence-electron chi connectivity index (χ0n) is 11.2. The fourth-order valence-electron chi connectivity index (χ4n) is 1.85. The normalized spacial score (nSPS) is 10.2. The Morgan fingerprint density at radius 3 is 2.71 bits per heavy atom. The molecule has 0 aliphatic heterocycles. The first-order valence-electron chi connectivity index (χ1n) is 6.05. The maximum atomic E-state index is 13.0. The number of phenols is 1. The molecule has 0 aliphatic rings. The second kappa shape index (κ2) is 6.08. The Hall–Kier alpha value is -2.83. The van der Waals surface area contributed by atoms with Gasteiger partial charge in [-0.05, 0) is 29.8 Å². The number of hydrogen-bond donors (Lipinski definition) is 2. The number of nitrogens with zero attached hydrogens (tertiary/aromatic N) is 1. The van der Waals surface area contributed by atoms with E-state index in [-0.39, 0.29) is 23.7 Å². The van der Waals surface area contributed by atoms with Gasteiger partial charge in [-0.2, -0.15) is 0 Å². The van der Waals surface area contributed by atoms with Crippen LogP contribution in [0.1, 0.15) is 5.56 Å². The Morgan fingerprint density at radius 2 is 2.10 bits per heavy atom. The molecule has 2 aromatic rings. The number of halogens is 1. The lowest BCUT2D eigenvalue weighted by Crippen LogP contribution is -2.03. The van der Waals surface area contributed by atoms with Crippen molar-refractivity contribution < 1.29 is 19.2 Å². The Labute approximate surface area is 119 Å². The summed E-state index contributed by atoms with van der Waals surface area (Å²) in [6, 6.07) is 8.08. The number of nitro benzene ring substituents is 1. The molecule has 0 fully saturated rings. The van der Waals surface area contributed by atoms with Crippen LogP contribution in [0.15, 0.2) is 36.4 Å². The average Bonchev–Trinajstić information content (AvgIpc) is 2.46. The molecular formula is C14H13FN2O4. The van der Waals surface area contributed by atoms with Crippen LogP contribution in [0.25, 0.3) is 0 Å². The van der Waals surface area contributed by atoms with Crippen LogP contribution in [0.5, 0.6) is 11.5 Å². The van der Waals surface area contributed by atoms with E-state index in [1.807, 2.05) is 0 Å². The van der Waals surface area contributed by atoms with Crippen LogP contribution < -0.4 is 10.1 Å². The highest BCUT2D eigenvalue weighted by Crippen LogP contribution is 2.28.